The zero-order chi connectivity index (χ0) is 8.31. The zero-order valence-electron chi connectivity index (χ0n) is 5.44. The highest BCUT2D eigenvalue weighted by atomic mass is 16.4. The average molecular weight is 147 g/mol. The molecule has 0 saturated heterocycles. The summed E-state index contributed by atoms with van der Waals surface area (Å²) < 4.78 is 0. The van der Waals surface area contributed by atoms with Gasteiger partial charge in [-0.15, -0.1) is 0 Å². The predicted molar refractivity (Wildman–Crippen MR) is 32.0 cm³/mol. The van der Waals surface area contributed by atoms with E-state index in [1.807, 2.05) is 0 Å². The van der Waals surface area contributed by atoms with E-state index in [-0.39, 0.29) is 0 Å². The minimum Gasteiger partial charge on any atom is -0.481 e. The number of hydrogen-bond donors (Lipinski definition) is 3. The van der Waals surface area contributed by atoms with Crippen LogP contribution in [0.15, 0.2) is 0 Å². The number of primary amides is 1. The smallest absolute Gasteiger partial charge is 0.309 e. The summed E-state index contributed by atoms with van der Waals surface area (Å²) in [5.41, 5.74) is 4.62. The molecule has 5 nitrogen and oxygen atoms in total. The van der Waals surface area contributed by atoms with Crippen LogP contribution >= 0.6 is 0 Å². The van der Waals surface area contributed by atoms with Crippen LogP contribution in [0, 0.1) is 5.92 Å². The van der Waals surface area contributed by atoms with Gasteiger partial charge >= 0.3 is 5.97 Å². The molecule has 0 aliphatic carbocycles. The monoisotopic (exact) mass is 147 g/mol. The summed E-state index contributed by atoms with van der Waals surface area (Å²) in [7, 11) is 0. The minimum atomic E-state index is -1.60. The van der Waals surface area contributed by atoms with Crippen LogP contribution in [0.2, 0.25) is 0 Å². The van der Waals surface area contributed by atoms with Crippen molar-refractivity contribution in [3.63, 3.8) is 0 Å². The lowest BCUT2D eigenvalue weighted by Crippen LogP contribution is -2.37. The van der Waals surface area contributed by atoms with Crippen molar-refractivity contribution in [1.82, 2.24) is 0 Å². The first-order valence-corrected chi connectivity index (χ1v) is 2.67. The molecular weight excluding hydrogens is 138 g/mol. The van der Waals surface area contributed by atoms with Crippen LogP contribution in [0.1, 0.15) is 6.92 Å². The Morgan fingerprint density at radius 3 is 2.00 bits per heavy atom. The van der Waals surface area contributed by atoms with Gasteiger partial charge in [-0.05, 0) is 6.92 Å². The molecule has 0 aromatic heterocycles. The first-order valence-electron chi connectivity index (χ1n) is 2.67. The Hall–Kier alpha value is -1.10. The van der Waals surface area contributed by atoms with Crippen LogP contribution in [-0.4, -0.2) is 28.2 Å². The molecule has 0 radical (unpaired) electrons. The summed E-state index contributed by atoms with van der Waals surface area (Å²) in [5, 5.41) is 16.9. The Morgan fingerprint density at radius 2 is 1.90 bits per heavy atom. The summed E-state index contributed by atoms with van der Waals surface area (Å²) in [6.45, 7) is 1.21. The first-order chi connectivity index (χ1) is 4.46. The minimum absolute atomic E-state index is 1.02. The van der Waals surface area contributed by atoms with Gasteiger partial charge < -0.3 is 15.9 Å². The molecule has 0 aliphatic rings. The molecule has 10 heavy (non-hydrogen) atoms. The van der Waals surface area contributed by atoms with Crippen molar-refractivity contribution in [2.24, 2.45) is 11.7 Å². The molecule has 0 aliphatic heterocycles. The van der Waals surface area contributed by atoms with Gasteiger partial charge in [0.2, 0.25) is 5.91 Å². The second kappa shape index (κ2) is 3.17. The number of aliphatic hydroxyl groups excluding tert-OH is 1. The van der Waals surface area contributed by atoms with Crippen LogP contribution in [0.5, 0.6) is 0 Å². The third-order valence-corrected chi connectivity index (χ3v) is 1.15. The summed E-state index contributed by atoms with van der Waals surface area (Å²) in [4.78, 5) is 20.2. The second-order valence-corrected chi connectivity index (χ2v) is 1.97. The molecule has 0 bridgehead atoms. The number of amides is 1. The van der Waals surface area contributed by atoms with E-state index in [0.717, 1.165) is 0 Å². The predicted octanol–water partition coefficient (Wildman–Crippen LogP) is -1.45. The highest BCUT2D eigenvalue weighted by Gasteiger charge is 2.25. The van der Waals surface area contributed by atoms with Gasteiger partial charge in [0.25, 0.3) is 0 Å². The summed E-state index contributed by atoms with van der Waals surface area (Å²) in [5.74, 6) is -3.40. The van der Waals surface area contributed by atoms with Gasteiger partial charge in [0, 0.05) is 0 Å². The van der Waals surface area contributed by atoms with Crippen LogP contribution < -0.4 is 5.73 Å². The molecule has 0 aromatic carbocycles. The van der Waals surface area contributed by atoms with Gasteiger partial charge in [0.05, 0.1) is 5.92 Å². The summed E-state index contributed by atoms with van der Waals surface area (Å²) in [6.07, 6.45) is -1.60. The van der Waals surface area contributed by atoms with Crippen LogP contribution in [0.25, 0.3) is 0 Å². The lowest BCUT2D eigenvalue weighted by atomic mass is 10.1. The molecule has 2 atom stereocenters. The molecule has 4 N–H and O–H groups in total. The van der Waals surface area contributed by atoms with Crippen molar-refractivity contribution in [3.8, 4) is 0 Å². The number of carbonyl (C=O) groups is 2. The van der Waals surface area contributed by atoms with Crippen molar-refractivity contribution in [3.05, 3.63) is 0 Å². The largest absolute Gasteiger partial charge is 0.481 e. The van der Waals surface area contributed by atoms with Gasteiger partial charge in [0.1, 0.15) is 6.10 Å². The zero-order valence-corrected chi connectivity index (χ0v) is 5.44. The van der Waals surface area contributed by atoms with E-state index in [1.165, 1.54) is 6.92 Å². The van der Waals surface area contributed by atoms with Gasteiger partial charge in [0.15, 0.2) is 0 Å². The van der Waals surface area contributed by atoms with Gasteiger partial charge in [-0.25, -0.2) is 0 Å². The highest BCUT2D eigenvalue weighted by Crippen LogP contribution is 2.01. The number of carbonyl (C=O) groups excluding carboxylic acids is 1. The van der Waals surface area contributed by atoms with E-state index < -0.39 is 23.9 Å². The summed E-state index contributed by atoms with van der Waals surface area (Å²) in [6, 6.07) is 0. The maximum Gasteiger partial charge on any atom is 0.309 e. The number of hydrogen-bond acceptors (Lipinski definition) is 3. The molecule has 0 spiro atoms. The van der Waals surface area contributed by atoms with E-state index in [2.05, 4.69) is 5.73 Å². The normalized spacial score (nSPS) is 15.8. The summed E-state index contributed by atoms with van der Waals surface area (Å²) >= 11 is 0. The Morgan fingerprint density at radius 1 is 1.50 bits per heavy atom. The van der Waals surface area contributed by atoms with Gasteiger partial charge in [-0.2, -0.15) is 0 Å². The molecule has 0 unspecified atom stereocenters. The van der Waals surface area contributed by atoms with Crippen molar-refractivity contribution in [2.45, 2.75) is 13.0 Å². The maximum atomic E-state index is 10.2. The number of aliphatic carboxylic acids is 1. The molecule has 0 saturated carbocycles. The van der Waals surface area contributed by atoms with E-state index in [9.17, 15) is 9.59 Å². The maximum absolute atomic E-state index is 10.2. The highest BCUT2D eigenvalue weighted by molar-refractivity contribution is 5.84. The van der Waals surface area contributed by atoms with Gasteiger partial charge in [-0.1, -0.05) is 0 Å². The fraction of sp³-hybridized carbons (Fsp3) is 0.600. The van der Waals surface area contributed by atoms with Crippen molar-refractivity contribution >= 4 is 11.9 Å². The average Bonchev–Trinajstić information content (AvgIpc) is 1.84. The standard InChI is InChI=1S/C5H9NO4/c1-2(5(9)10)3(7)4(6)8/h2-3,7H,1H3,(H2,6,8)(H,9,10)/t2-,3-/m0/s1. The second-order valence-electron chi connectivity index (χ2n) is 1.97. The lowest BCUT2D eigenvalue weighted by molar-refractivity contribution is -0.149. The van der Waals surface area contributed by atoms with Crippen molar-refractivity contribution in [1.29, 1.82) is 0 Å². The third-order valence-electron chi connectivity index (χ3n) is 1.15. The Balaban J connectivity index is 4.07. The lowest BCUT2D eigenvalue weighted by Gasteiger charge is -2.09. The van der Waals surface area contributed by atoms with E-state index in [1.54, 1.807) is 0 Å². The molecule has 0 heterocycles. The fourth-order valence-corrected chi connectivity index (χ4v) is 0.381. The molecule has 5 heteroatoms. The van der Waals surface area contributed by atoms with Crippen LogP contribution in [0.3, 0.4) is 0 Å². The number of rotatable bonds is 3. The van der Waals surface area contributed by atoms with Crippen molar-refractivity contribution < 1.29 is 19.8 Å². The topological polar surface area (TPSA) is 101 Å². The Kier molecular flexibility index (Phi) is 2.82. The van der Waals surface area contributed by atoms with E-state index in [4.69, 9.17) is 10.2 Å². The van der Waals surface area contributed by atoms with Crippen LogP contribution in [-0.2, 0) is 9.59 Å². The number of aliphatic hydroxyl groups is 1. The third kappa shape index (κ3) is 2.02. The van der Waals surface area contributed by atoms with E-state index >= 15 is 0 Å². The Bertz CT molecular complexity index is 138. The number of nitrogens with two attached hydrogens (primary N) is 1. The molecule has 58 valence electrons. The number of carboxylic acid groups (broad SMARTS) is 1. The van der Waals surface area contributed by atoms with Gasteiger partial charge in [-0.3, -0.25) is 9.59 Å². The van der Waals surface area contributed by atoms with E-state index in [0.29, 0.717) is 0 Å². The molecule has 0 aromatic rings. The fourth-order valence-electron chi connectivity index (χ4n) is 0.381. The molecule has 1 amide bonds. The SMILES string of the molecule is C[C@H](C(=O)O)[C@H](O)C(N)=O. The molecule has 0 fully saturated rings. The molecular formula is C5H9NO4. The molecule has 0 rings (SSSR count). The first kappa shape index (κ1) is 8.90. The van der Waals surface area contributed by atoms with Crippen LogP contribution in [0.4, 0.5) is 0 Å². The Labute approximate surface area is 57.5 Å². The number of carboxylic acids is 1. The quantitative estimate of drug-likeness (QED) is 0.454. The van der Waals surface area contributed by atoms with Crippen molar-refractivity contribution in [2.75, 3.05) is 0 Å².